The van der Waals surface area contributed by atoms with Crippen LogP contribution in [0.3, 0.4) is 0 Å². The minimum Gasteiger partial charge on any atom is -0.497 e. The standard InChI is InChI=1S/C21H17ClN2O3S/c1-10-3-6-13-16(7-10)28-20-17(13)18(22)23-19(24-20)14-8-11-4-5-12(26-2)9-15(11)27-21(14)25/h4-5,8-10H,3,6-7H2,1-2H3/t10-/m0/s1. The van der Waals surface area contributed by atoms with Crippen LogP contribution in [-0.4, -0.2) is 17.1 Å². The van der Waals surface area contributed by atoms with Crippen LogP contribution in [0.4, 0.5) is 0 Å². The molecule has 3 heterocycles. The third-order valence-corrected chi connectivity index (χ3v) is 6.72. The maximum absolute atomic E-state index is 12.6. The predicted molar refractivity (Wildman–Crippen MR) is 112 cm³/mol. The van der Waals surface area contributed by atoms with Crippen LogP contribution in [0.2, 0.25) is 5.15 Å². The number of rotatable bonds is 2. The average Bonchev–Trinajstić information content (AvgIpc) is 3.04. The molecule has 3 aromatic heterocycles. The van der Waals surface area contributed by atoms with Gasteiger partial charge in [-0.2, -0.15) is 0 Å². The number of aromatic nitrogens is 2. The number of benzene rings is 1. The molecule has 0 bridgehead atoms. The van der Waals surface area contributed by atoms with Crippen molar-refractivity contribution < 1.29 is 9.15 Å². The Morgan fingerprint density at radius 3 is 2.96 bits per heavy atom. The van der Waals surface area contributed by atoms with E-state index in [9.17, 15) is 4.79 Å². The fourth-order valence-electron chi connectivity index (χ4n) is 3.79. The maximum atomic E-state index is 12.6. The summed E-state index contributed by atoms with van der Waals surface area (Å²) < 4.78 is 10.7. The minimum absolute atomic E-state index is 0.301. The summed E-state index contributed by atoms with van der Waals surface area (Å²) in [6, 6.07) is 7.09. The second-order valence-electron chi connectivity index (χ2n) is 7.22. The van der Waals surface area contributed by atoms with Gasteiger partial charge in [0.05, 0.1) is 12.5 Å². The first-order valence-electron chi connectivity index (χ1n) is 9.13. The number of ether oxygens (including phenoxy) is 1. The van der Waals surface area contributed by atoms with Crippen LogP contribution >= 0.6 is 22.9 Å². The molecule has 0 fully saturated rings. The molecular weight excluding hydrogens is 396 g/mol. The summed E-state index contributed by atoms with van der Waals surface area (Å²) in [5.74, 6) is 1.59. The van der Waals surface area contributed by atoms with Gasteiger partial charge in [-0.3, -0.25) is 0 Å². The zero-order chi connectivity index (χ0) is 19.4. The molecule has 0 spiro atoms. The summed E-state index contributed by atoms with van der Waals surface area (Å²) >= 11 is 8.20. The number of methoxy groups -OCH3 is 1. The van der Waals surface area contributed by atoms with E-state index < -0.39 is 5.63 Å². The highest BCUT2D eigenvalue weighted by Crippen LogP contribution is 2.40. The molecule has 1 aromatic carbocycles. The van der Waals surface area contributed by atoms with Gasteiger partial charge in [-0.25, -0.2) is 14.8 Å². The summed E-state index contributed by atoms with van der Waals surface area (Å²) in [6.45, 7) is 2.27. The van der Waals surface area contributed by atoms with Gasteiger partial charge in [-0.1, -0.05) is 18.5 Å². The molecule has 0 N–H and O–H groups in total. The van der Waals surface area contributed by atoms with Gasteiger partial charge < -0.3 is 9.15 Å². The molecule has 7 heteroatoms. The summed E-state index contributed by atoms with van der Waals surface area (Å²) in [5, 5.41) is 2.11. The number of hydrogen-bond donors (Lipinski definition) is 0. The van der Waals surface area contributed by atoms with Gasteiger partial charge >= 0.3 is 5.63 Å². The molecule has 4 aromatic rings. The van der Waals surface area contributed by atoms with Gasteiger partial charge in [0.25, 0.3) is 0 Å². The van der Waals surface area contributed by atoms with Gasteiger partial charge in [0.2, 0.25) is 0 Å². The molecule has 5 nitrogen and oxygen atoms in total. The van der Waals surface area contributed by atoms with E-state index in [0.717, 1.165) is 34.9 Å². The molecule has 0 saturated carbocycles. The first kappa shape index (κ1) is 17.6. The van der Waals surface area contributed by atoms with Crippen LogP contribution in [0.15, 0.2) is 33.5 Å². The normalized spacial score (nSPS) is 16.5. The Morgan fingerprint density at radius 1 is 1.29 bits per heavy atom. The van der Waals surface area contributed by atoms with Crippen molar-refractivity contribution >= 4 is 44.1 Å². The molecular formula is C21H17ClN2O3S. The smallest absolute Gasteiger partial charge is 0.347 e. The van der Waals surface area contributed by atoms with Gasteiger partial charge in [-0.05, 0) is 48.9 Å². The fraction of sp³-hybridized carbons (Fsp3) is 0.286. The highest BCUT2D eigenvalue weighted by molar-refractivity contribution is 7.19. The third kappa shape index (κ3) is 2.79. The van der Waals surface area contributed by atoms with Crippen LogP contribution in [-0.2, 0) is 12.8 Å². The molecule has 1 aliphatic rings. The molecule has 0 saturated heterocycles. The van der Waals surface area contributed by atoms with Crippen LogP contribution in [0.5, 0.6) is 5.75 Å². The lowest BCUT2D eigenvalue weighted by Gasteiger charge is -2.17. The van der Waals surface area contributed by atoms with Gasteiger partial charge in [0.15, 0.2) is 5.82 Å². The second-order valence-corrected chi connectivity index (χ2v) is 8.66. The van der Waals surface area contributed by atoms with E-state index in [1.807, 2.05) is 12.1 Å². The number of hydrogen-bond acceptors (Lipinski definition) is 6. The number of halogens is 1. The summed E-state index contributed by atoms with van der Waals surface area (Å²) in [6.07, 6.45) is 3.19. The quantitative estimate of drug-likeness (QED) is 0.332. The van der Waals surface area contributed by atoms with E-state index >= 15 is 0 Å². The molecule has 0 aliphatic heterocycles. The molecule has 28 heavy (non-hydrogen) atoms. The Hall–Kier alpha value is -2.44. The maximum Gasteiger partial charge on any atom is 0.347 e. The van der Waals surface area contributed by atoms with Crippen LogP contribution in [0.25, 0.3) is 32.6 Å². The highest BCUT2D eigenvalue weighted by Gasteiger charge is 2.24. The molecule has 0 amide bonds. The monoisotopic (exact) mass is 412 g/mol. The summed E-state index contributed by atoms with van der Waals surface area (Å²) in [5.41, 5.74) is 1.54. The first-order chi connectivity index (χ1) is 13.5. The Kier molecular flexibility index (Phi) is 4.14. The molecule has 0 unspecified atom stereocenters. The van der Waals surface area contributed by atoms with E-state index in [-0.39, 0.29) is 0 Å². The molecule has 142 valence electrons. The zero-order valence-corrected chi connectivity index (χ0v) is 17.0. The Balaban J connectivity index is 1.69. The number of nitrogens with zero attached hydrogens (tertiary/aromatic N) is 2. The lowest BCUT2D eigenvalue weighted by Crippen LogP contribution is -2.08. The lowest BCUT2D eigenvalue weighted by molar-refractivity contribution is 0.414. The highest BCUT2D eigenvalue weighted by atomic mass is 35.5. The van der Waals surface area contributed by atoms with Crippen molar-refractivity contribution in [2.75, 3.05) is 7.11 Å². The van der Waals surface area contributed by atoms with E-state index in [2.05, 4.69) is 16.9 Å². The molecule has 0 radical (unpaired) electrons. The van der Waals surface area contributed by atoms with Crippen molar-refractivity contribution in [3.63, 3.8) is 0 Å². The Bertz CT molecular complexity index is 1290. The van der Waals surface area contributed by atoms with Crippen molar-refractivity contribution in [1.82, 2.24) is 9.97 Å². The van der Waals surface area contributed by atoms with Crippen molar-refractivity contribution in [2.24, 2.45) is 5.92 Å². The topological polar surface area (TPSA) is 65.2 Å². The van der Waals surface area contributed by atoms with Crippen molar-refractivity contribution in [3.05, 3.63) is 50.3 Å². The summed E-state index contributed by atoms with van der Waals surface area (Å²) in [7, 11) is 1.57. The minimum atomic E-state index is -0.494. The first-order valence-corrected chi connectivity index (χ1v) is 10.3. The second kappa shape index (κ2) is 6.57. The Labute approximate surface area is 169 Å². The average molecular weight is 413 g/mol. The fourth-order valence-corrected chi connectivity index (χ4v) is 5.52. The number of aryl methyl sites for hydroxylation is 1. The van der Waals surface area contributed by atoms with E-state index in [1.54, 1.807) is 30.6 Å². The number of fused-ring (bicyclic) bond motifs is 4. The van der Waals surface area contributed by atoms with Gasteiger partial charge in [0.1, 0.15) is 26.9 Å². The molecule has 1 aliphatic carbocycles. The third-order valence-electron chi connectivity index (χ3n) is 5.29. The zero-order valence-electron chi connectivity index (χ0n) is 15.4. The van der Waals surface area contributed by atoms with Crippen molar-refractivity contribution in [1.29, 1.82) is 0 Å². The van der Waals surface area contributed by atoms with Crippen LogP contribution < -0.4 is 10.4 Å². The van der Waals surface area contributed by atoms with Crippen LogP contribution in [0, 0.1) is 5.92 Å². The largest absolute Gasteiger partial charge is 0.497 e. The van der Waals surface area contributed by atoms with Crippen molar-refractivity contribution in [3.8, 4) is 17.1 Å². The number of thiophene rings is 1. The van der Waals surface area contributed by atoms with E-state index in [0.29, 0.717) is 33.8 Å². The van der Waals surface area contributed by atoms with Crippen molar-refractivity contribution in [2.45, 2.75) is 26.2 Å². The molecule has 5 rings (SSSR count). The Morgan fingerprint density at radius 2 is 2.14 bits per heavy atom. The predicted octanol–water partition coefficient (Wildman–Crippen LogP) is 5.25. The van der Waals surface area contributed by atoms with Gasteiger partial charge in [0, 0.05) is 16.3 Å². The van der Waals surface area contributed by atoms with E-state index in [4.69, 9.17) is 20.8 Å². The van der Waals surface area contributed by atoms with E-state index in [1.165, 1.54) is 10.4 Å². The van der Waals surface area contributed by atoms with Crippen LogP contribution in [0.1, 0.15) is 23.8 Å². The SMILES string of the molecule is COc1ccc2cc(-c3nc(Cl)c4c5c(sc4n3)C[C@@H](C)CC5)c(=O)oc2c1. The summed E-state index contributed by atoms with van der Waals surface area (Å²) in [4.78, 5) is 23.9. The van der Waals surface area contributed by atoms with Gasteiger partial charge in [-0.15, -0.1) is 11.3 Å². The lowest BCUT2D eigenvalue weighted by atomic mass is 9.89. The molecule has 1 atom stereocenters.